The zero-order valence-electron chi connectivity index (χ0n) is 12.2. The predicted molar refractivity (Wildman–Crippen MR) is 81.4 cm³/mol. The molecule has 0 heterocycles. The first kappa shape index (κ1) is 15.3. The molecule has 0 saturated heterocycles. The number of likely N-dealkylation sites (N-methyl/N-ethyl adjacent to an activating group) is 1. The van der Waals surface area contributed by atoms with Crippen molar-refractivity contribution >= 4 is 11.6 Å². The van der Waals surface area contributed by atoms with Gasteiger partial charge in [-0.1, -0.05) is 31.2 Å². The van der Waals surface area contributed by atoms with Gasteiger partial charge in [-0.25, -0.2) is 0 Å². The highest BCUT2D eigenvalue weighted by Gasteiger charge is 2.10. The first-order valence-corrected chi connectivity index (χ1v) is 6.81. The molecule has 0 spiro atoms. The van der Waals surface area contributed by atoms with E-state index in [9.17, 15) is 4.79 Å². The Morgan fingerprint density at radius 2 is 1.89 bits per heavy atom. The summed E-state index contributed by atoms with van der Waals surface area (Å²) in [6, 6.07) is 8.19. The van der Waals surface area contributed by atoms with Crippen molar-refractivity contribution in [1.29, 1.82) is 0 Å². The molecular weight excluding hydrogens is 236 g/mol. The molecule has 0 bridgehead atoms. The number of hydrogen-bond acceptors (Lipinski definition) is 2. The van der Waals surface area contributed by atoms with Gasteiger partial charge in [0.1, 0.15) is 0 Å². The van der Waals surface area contributed by atoms with E-state index in [0.29, 0.717) is 19.6 Å². The second-order valence-corrected chi connectivity index (χ2v) is 4.77. The first-order chi connectivity index (χ1) is 9.06. The minimum absolute atomic E-state index is 0.102. The topological polar surface area (TPSA) is 32.3 Å². The third-order valence-electron chi connectivity index (χ3n) is 3.00. The molecule has 0 aromatic heterocycles. The van der Waals surface area contributed by atoms with E-state index in [1.807, 2.05) is 26.0 Å². The number of amides is 1. The van der Waals surface area contributed by atoms with Gasteiger partial charge in [0.15, 0.2) is 0 Å². The maximum absolute atomic E-state index is 12.0. The van der Waals surface area contributed by atoms with Crippen LogP contribution in [0.4, 0.5) is 5.69 Å². The van der Waals surface area contributed by atoms with Crippen molar-refractivity contribution in [3.63, 3.8) is 0 Å². The summed E-state index contributed by atoms with van der Waals surface area (Å²) in [7, 11) is 0. The fourth-order valence-corrected chi connectivity index (χ4v) is 1.85. The van der Waals surface area contributed by atoms with Gasteiger partial charge in [0.25, 0.3) is 0 Å². The van der Waals surface area contributed by atoms with Gasteiger partial charge in [-0.15, -0.1) is 0 Å². The van der Waals surface area contributed by atoms with Gasteiger partial charge in [0.2, 0.25) is 5.91 Å². The molecule has 0 aliphatic carbocycles. The highest BCUT2D eigenvalue weighted by Crippen LogP contribution is 2.09. The van der Waals surface area contributed by atoms with E-state index in [1.165, 1.54) is 5.56 Å². The summed E-state index contributed by atoms with van der Waals surface area (Å²) in [5, 5.41) is 3.16. The van der Waals surface area contributed by atoms with Gasteiger partial charge in [0, 0.05) is 18.8 Å². The SMILES string of the molecule is C=C(C)CN(CC)C(=O)CNc1ccc(CC)cc1. The van der Waals surface area contributed by atoms with Gasteiger partial charge >= 0.3 is 0 Å². The van der Waals surface area contributed by atoms with E-state index in [2.05, 4.69) is 31.0 Å². The van der Waals surface area contributed by atoms with Gasteiger partial charge < -0.3 is 10.2 Å². The molecule has 0 aliphatic heterocycles. The second-order valence-electron chi connectivity index (χ2n) is 4.77. The third-order valence-corrected chi connectivity index (χ3v) is 3.00. The maximum atomic E-state index is 12.0. The molecule has 1 amide bonds. The zero-order valence-corrected chi connectivity index (χ0v) is 12.2. The second kappa shape index (κ2) is 7.62. The number of rotatable bonds is 7. The van der Waals surface area contributed by atoms with E-state index < -0.39 is 0 Å². The van der Waals surface area contributed by atoms with Crippen LogP contribution in [0.5, 0.6) is 0 Å². The van der Waals surface area contributed by atoms with Crippen LogP contribution in [0.1, 0.15) is 26.3 Å². The monoisotopic (exact) mass is 260 g/mol. The Kier molecular flexibility index (Phi) is 6.13. The molecule has 1 rings (SSSR count). The van der Waals surface area contributed by atoms with Crippen molar-refractivity contribution < 1.29 is 4.79 Å². The standard InChI is InChI=1S/C16H24N2O/c1-5-14-7-9-15(10-8-14)17-11-16(19)18(6-2)12-13(3)4/h7-10,17H,3,5-6,11-12H2,1-2,4H3. The lowest BCUT2D eigenvalue weighted by molar-refractivity contribution is -0.128. The van der Waals surface area contributed by atoms with E-state index in [4.69, 9.17) is 0 Å². The molecule has 3 heteroatoms. The summed E-state index contributed by atoms with van der Waals surface area (Å²) in [5.41, 5.74) is 3.29. The molecule has 104 valence electrons. The number of hydrogen-bond donors (Lipinski definition) is 1. The summed E-state index contributed by atoms with van der Waals surface area (Å²) in [5.74, 6) is 0.102. The van der Waals surface area contributed by atoms with Crippen molar-refractivity contribution in [2.75, 3.05) is 25.0 Å². The molecule has 1 aromatic rings. The van der Waals surface area contributed by atoms with Crippen molar-refractivity contribution in [2.24, 2.45) is 0 Å². The largest absolute Gasteiger partial charge is 0.376 e. The van der Waals surface area contributed by atoms with Crippen molar-refractivity contribution in [3.8, 4) is 0 Å². The van der Waals surface area contributed by atoms with Crippen LogP contribution in [0.3, 0.4) is 0 Å². The highest BCUT2D eigenvalue weighted by molar-refractivity contribution is 5.81. The van der Waals surface area contributed by atoms with Crippen LogP contribution in [0.2, 0.25) is 0 Å². The number of nitrogens with zero attached hydrogens (tertiary/aromatic N) is 1. The summed E-state index contributed by atoms with van der Waals surface area (Å²) in [6.45, 7) is 11.6. The third kappa shape index (κ3) is 5.16. The lowest BCUT2D eigenvalue weighted by Crippen LogP contribution is -2.36. The van der Waals surface area contributed by atoms with Gasteiger partial charge in [-0.3, -0.25) is 4.79 Å². The summed E-state index contributed by atoms with van der Waals surface area (Å²) >= 11 is 0. The number of anilines is 1. The van der Waals surface area contributed by atoms with E-state index >= 15 is 0 Å². The summed E-state index contributed by atoms with van der Waals surface area (Å²) < 4.78 is 0. The van der Waals surface area contributed by atoms with Crippen LogP contribution >= 0.6 is 0 Å². The Hall–Kier alpha value is -1.77. The molecule has 0 unspecified atom stereocenters. The van der Waals surface area contributed by atoms with Crippen molar-refractivity contribution in [2.45, 2.75) is 27.2 Å². The highest BCUT2D eigenvalue weighted by atomic mass is 16.2. The fourth-order valence-electron chi connectivity index (χ4n) is 1.85. The van der Waals surface area contributed by atoms with E-state index in [0.717, 1.165) is 17.7 Å². The smallest absolute Gasteiger partial charge is 0.242 e. The Morgan fingerprint density at radius 1 is 1.26 bits per heavy atom. The Balaban J connectivity index is 2.49. The molecule has 0 atom stereocenters. The summed E-state index contributed by atoms with van der Waals surface area (Å²) in [6.07, 6.45) is 1.03. The van der Waals surface area contributed by atoms with Crippen LogP contribution in [0.25, 0.3) is 0 Å². The maximum Gasteiger partial charge on any atom is 0.242 e. The van der Waals surface area contributed by atoms with E-state index in [-0.39, 0.29) is 5.91 Å². The van der Waals surface area contributed by atoms with Crippen LogP contribution in [0.15, 0.2) is 36.4 Å². The van der Waals surface area contributed by atoms with Crippen molar-refractivity contribution in [1.82, 2.24) is 4.90 Å². The zero-order chi connectivity index (χ0) is 14.3. The molecule has 3 nitrogen and oxygen atoms in total. The molecule has 0 saturated carbocycles. The molecule has 0 aliphatic rings. The molecule has 0 radical (unpaired) electrons. The van der Waals surface area contributed by atoms with Crippen LogP contribution in [-0.4, -0.2) is 30.4 Å². The molecule has 1 N–H and O–H groups in total. The molecule has 1 aromatic carbocycles. The first-order valence-electron chi connectivity index (χ1n) is 6.81. The Labute approximate surface area is 116 Å². The quantitative estimate of drug-likeness (QED) is 0.764. The van der Waals surface area contributed by atoms with Crippen molar-refractivity contribution in [3.05, 3.63) is 42.0 Å². The van der Waals surface area contributed by atoms with E-state index in [1.54, 1.807) is 4.90 Å². The molecule has 19 heavy (non-hydrogen) atoms. The Bertz CT molecular complexity index is 423. The minimum Gasteiger partial charge on any atom is -0.376 e. The normalized spacial score (nSPS) is 10.1. The number of aryl methyl sites for hydroxylation is 1. The van der Waals surface area contributed by atoms with Gasteiger partial charge in [-0.2, -0.15) is 0 Å². The minimum atomic E-state index is 0.102. The van der Waals surface area contributed by atoms with Crippen LogP contribution in [-0.2, 0) is 11.2 Å². The number of nitrogens with one attached hydrogen (secondary N) is 1. The number of carbonyl (C=O) groups is 1. The van der Waals surface area contributed by atoms with Crippen LogP contribution < -0.4 is 5.32 Å². The average Bonchev–Trinajstić information content (AvgIpc) is 2.42. The lowest BCUT2D eigenvalue weighted by atomic mass is 10.1. The molecule has 0 fully saturated rings. The van der Waals surface area contributed by atoms with Crippen LogP contribution in [0, 0.1) is 0 Å². The lowest BCUT2D eigenvalue weighted by Gasteiger charge is -2.21. The van der Waals surface area contributed by atoms with Gasteiger partial charge in [-0.05, 0) is 38.0 Å². The fraction of sp³-hybridized carbons (Fsp3) is 0.438. The predicted octanol–water partition coefficient (Wildman–Crippen LogP) is 3.09. The van der Waals surface area contributed by atoms with Gasteiger partial charge in [0.05, 0.1) is 6.54 Å². The molecular formula is C16H24N2O. The Morgan fingerprint density at radius 3 is 2.37 bits per heavy atom. The number of benzene rings is 1. The summed E-state index contributed by atoms with van der Waals surface area (Å²) in [4.78, 5) is 13.8. The number of carbonyl (C=O) groups excluding carboxylic acids is 1. The average molecular weight is 260 g/mol.